The lowest BCUT2D eigenvalue weighted by atomic mass is 9.89. The SMILES string of the molecule is CC(=O)O/C=C\[C@@H](c1ccc2c(c1)OCO2)[C@@H](O)c1ccccc1. The minimum atomic E-state index is -0.793. The number of rotatable bonds is 5. The van der Waals surface area contributed by atoms with Gasteiger partial charge >= 0.3 is 5.97 Å². The summed E-state index contributed by atoms with van der Waals surface area (Å²) in [5.41, 5.74) is 1.60. The van der Waals surface area contributed by atoms with Gasteiger partial charge in [-0.15, -0.1) is 0 Å². The van der Waals surface area contributed by atoms with Crippen LogP contribution in [0.5, 0.6) is 11.5 Å². The lowest BCUT2D eigenvalue weighted by molar-refractivity contribution is -0.135. The van der Waals surface area contributed by atoms with Crippen LogP contribution in [0.3, 0.4) is 0 Å². The molecule has 3 rings (SSSR count). The first kappa shape index (κ1) is 16.1. The fraction of sp³-hybridized carbons (Fsp3) is 0.211. The van der Waals surface area contributed by atoms with Gasteiger partial charge in [-0.2, -0.15) is 0 Å². The predicted molar refractivity (Wildman–Crippen MR) is 87.6 cm³/mol. The number of carbonyl (C=O) groups is 1. The fourth-order valence-electron chi connectivity index (χ4n) is 2.60. The Hall–Kier alpha value is -2.79. The molecule has 124 valence electrons. The van der Waals surface area contributed by atoms with E-state index in [9.17, 15) is 9.90 Å². The molecular weight excluding hydrogens is 308 g/mol. The summed E-state index contributed by atoms with van der Waals surface area (Å²) in [7, 11) is 0. The van der Waals surface area contributed by atoms with Crippen molar-refractivity contribution in [1.29, 1.82) is 0 Å². The van der Waals surface area contributed by atoms with Crippen LogP contribution < -0.4 is 9.47 Å². The quantitative estimate of drug-likeness (QED) is 0.674. The van der Waals surface area contributed by atoms with Crippen molar-refractivity contribution >= 4 is 5.97 Å². The maximum absolute atomic E-state index is 11.0. The van der Waals surface area contributed by atoms with E-state index in [0.29, 0.717) is 11.5 Å². The minimum Gasteiger partial charge on any atom is -0.454 e. The summed E-state index contributed by atoms with van der Waals surface area (Å²) in [5, 5.41) is 10.8. The molecule has 0 amide bonds. The summed E-state index contributed by atoms with van der Waals surface area (Å²) < 4.78 is 15.6. The predicted octanol–water partition coefficient (Wildman–Crippen LogP) is 3.31. The van der Waals surface area contributed by atoms with Crippen LogP contribution in [0.25, 0.3) is 0 Å². The van der Waals surface area contributed by atoms with Crippen molar-refractivity contribution in [3.8, 4) is 11.5 Å². The van der Waals surface area contributed by atoms with Crippen molar-refractivity contribution in [3.05, 3.63) is 72.0 Å². The van der Waals surface area contributed by atoms with Crippen LogP contribution in [0.15, 0.2) is 60.9 Å². The molecule has 5 nitrogen and oxygen atoms in total. The van der Waals surface area contributed by atoms with Crippen molar-refractivity contribution < 1.29 is 24.1 Å². The van der Waals surface area contributed by atoms with Crippen molar-refractivity contribution in [2.24, 2.45) is 0 Å². The molecule has 1 aliphatic rings. The summed E-state index contributed by atoms with van der Waals surface area (Å²) in [5.74, 6) is 0.500. The lowest BCUT2D eigenvalue weighted by Gasteiger charge is -2.21. The van der Waals surface area contributed by atoms with Crippen LogP contribution in [0.2, 0.25) is 0 Å². The second-order valence-electron chi connectivity index (χ2n) is 5.43. The molecule has 24 heavy (non-hydrogen) atoms. The highest BCUT2D eigenvalue weighted by Crippen LogP contribution is 2.39. The highest BCUT2D eigenvalue weighted by molar-refractivity contribution is 5.66. The van der Waals surface area contributed by atoms with E-state index < -0.39 is 18.0 Å². The molecule has 0 aliphatic carbocycles. The third kappa shape index (κ3) is 3.58. The van der Waals surface area contributed by atoms with E-state index in [2.05, 4.69) is 0 Å². The van der Waals surface area contributed by atoms with E-state index in [1.807, 2.05) is 48.5 Å². The molecule has 1 aliphatic heterocycles. The van der Waals surface area contributed by atoms with E-state index in [1.54, 1.807) is 6.08 Å². The summed E-state index contributed by atoms with van der Waals surface area (Å²) in [4.78, 5) is 11.0. The van der Waals surface area contributed by atoms with Gasteiger partial charge in [0.05, 0.1) is 12.4 Å². The van der Waals surface area contributed by atoms with E-state index in [0.717, 1.165) is 11.1 Å². The smallest absolute Gasteiger partial charge is 0.307 e. The van der Waals surface area contributed by atoms with Crippen LogP contribution in [0, 0.1) is 0 Å². The monoisotopic (exact) mass is 326 g/mol. The van der Waals surface area contributed by atoms with Gasteiger partial charge in [0, 0.05) is 12.8 Å². The number of benzene rings is 2. The zero-order valence-electron chi connectivity index (χ0n) is 13.2. The molecule has 0 saturated heterocycles. The van der Waals surface area contributed by atoms with Gasteiger partial charge in [0.15, 0.2) is 11.5 Å². The molecule has 0 unspecified atom stereocenters. The Bertz CT molecular complexity index is 739. The van der Waals surface area contributed by atoms with Gasteiger partial charge < -0.3 is 19.3 Å². The van der Waals surface area contributed by atoms with Gasteiger partial charge in [-0.05, 0) is 29.3 Å². The Morgan fingerprint density at radius 1 is 1.12 bits per heavy atom. The maximum Gasteiger partial charge on any atom is 0.307 e. The number of carbonyl (C=O) groups excluding carboxylic acids is 1. The molecule has 5 heteroatoms. The Labute approximate surface area is 140 Å². The Morgan fingerprint density at radius 2 is 1.88 bits per heavy atom. The maximum atomic E-state index is 11.0. The highest BCUT2D eigenvalue weighted by atomic mass is 16.7. The van der Waals surface area contributed by atoms with E-state index >= 15 is 0 Å². The van der Waals surface area contributed by atoms with E-state index in [-0.39, 0.29) is 6.79 Å². The normalized spacial score (nSPS) is 15.2. The first-order chi connectivity index (χ1) is 11.6. The third-order valence-electron chi connectivity index (χ3n) is 3.78. The Balaban J connectivity index is 1.92. The average Bonchev–Trinajstić information content (AvgIpc) is 3.06. The molecule has 0 fully saturated rings. The Kier molecular flexibility index (Phi) is 4.82. The van der Waals surface area contributed by atoms with Gasteiger partial charge in [-0.3, -0.25) is 4.79 Å². The zero-order chi connectivity index (χ0) is 16.9. The largest absolute Gasteiger partial charge is 0.454 e. The summed E-state index contributed by atoms with van der Waals surface area (Å²) >= 11 is 0. The second kappa shape index (κ2) is 7.19. The van der Waals surface area contributed by atoms with Gasteiger partial charge in [-0.1, -0.05) is 36.4 Å². The number of aliphatic hydroxyl groups is 1. The molecule has 1 heterocycles. The number of ether oxygens (including phenoxy) is 3. The number of fused-ring (bicyclic) bond motifs is 1. The topological polar surface area (TPSA) is 65.0 Å². The molecule has 0 spiro atoms. The molecule has 2 aromatic carbocycles. The van der Waals surface area contributed by atoms with Crippen molar-refractivity contribution in [2.75, 3.05) is 6.79 Å². The third-order valence-corrected chi connectivity index (χ3v) is 3.78. The first-order valence-electron chi connectivity index (χ1n) is 7.61. The van der Waals surface area contributed by atoms with Crippen molar-refractivity contribution in [2.45, 2.75) is 18.9 Å². The van der Waals surface area contributed by atoms with Gasteiger partial charge in [0.25, 0.3) is 0 Å². The molecule has 1 N–H and O–H groups in total. The van der Waals surface area contributed by atoms with Crippen LogP contribution in [0.4, 0.5) is 0 Å². The molecular formula is C19H18O5. The molecule has 0 aromatic heterocycles. The number of hydrogen-bond donors (Lipinski definition) is 1. The fourth-order valence-corrected chi connectivity index (χ4v) is 2.60. The molecule has 0 radical (unpaired) electrons. The molecule has 2 atom stereocenters. The summed E-state index contributed by atoms with van der Waals surface area (Å²) in [6.45, 7) is 1.52. The van der Waals surface area contributed by atoms with Crippen LogP contribution >= 0.6 is 0 Å². The van der Waals surface area contributed by atoms with E-state index in [4.69, 9.17) is 14.2 Å². The van der Waals surface area contributed by atoms with E-state index in [1.165, 1.54) is 13.2 Å². The van der Waals surface area contributed by atoms with Crippen molar-refractivity contribution in [3.63, 3.8) is 0 Å². The van der Waals surface area contributed by atoms with Crippen LogP contribution in [-0.4, -0.2) is 17.9 Å². The number of aliphatic hydroxyl groups excluding tert-OH is 1. The zero-order valence-corrected chi connectivity index (χ0v) is 13.2. The van der Waals surface area contributed by atoms with Crippen LogP contribution in [0.1, 0.15) is 30.1 Å². The second-order valence-corrected chi connectivity index (χ2v) is 5.43. The van der Waals surface area contributed by atoms with Gasteiger partial charge in [0.1, 0.15) is 0 Å². The number of esters is 1. The number of hydrogen-bond acceptors (Lipinski definition) is 5. The standard InChI is InChI=1S/C19H18O5/c1-13(20)22-10-9-16(19(21)14-5-3-2-4-6-14)15-7-8-17-18(11-15)24-12-23-17/h2-11,16,19,21H,12H2,1H3/b10-9-/t16-,19-/m0/s1. The lowest BCUT2D eigenvalue weighted by Crippen LogP contribution is -2.09. The molecule has 0 saturated carbocycles. The summed E-state index contributed by atoms with van der Waals surface area (Å²) in [6, 6.07) is 14.8. The van der Waals surface area contributed by atoms with Gasteiger partial charge in [-0.25, -0.2) is 0 Å². The average molecular weight is 326 g/mol. The Morgan fingerprint density at radius 3 is 2.62 bits per heavy atom. The first-order valence-corrected chi connectivity index (χ1v) is 7.61. The molecule has 2 aromatic rings. The highest BCUT2D eigenvalue weighted by Gasteiger charge is 2.23. The minimum absolute atomic E-state index is 0.188. The molecule has 0 bridgehead atoms. The van der Waals surface area contributed by atoms with Crippen molar-refractivity contribution in [1.82, 2.24) is 0 Å². The van der Waals surface area contributed by atoms with Gasteiger partial charge in [0.2, 0.25) is 6.79 Å². The van der Waals surface area contributed by atoms with Crippen LogP contribution in [-0.2, 0) is 9.53 Å². The summed E-state index contributed by atoms with van der Waals surface area (Å²) in [6.07, 6.45) is 2.18.